The van der Waals surface area contributed by atoms with Gasteiger partial charge in [-0.25, -0.2) is 14.5 Å². The standard InChI is InChI=1S/C30H24N10O3/c1-18(35-29(42)25-26(32)37-39-14-6-13-33-28(25)39)27-36-22-10-5-7-20(12-11-19-15-34-38(16-19)17-23(31)41)24(22)30(43)40(27)21-8-3-2-4-9-21/h2-10,13-16,18H,17H2,1H3,(H2,31,41)(H2,32,37)(H,35,42). The van der Waals surface area contributed by atoms with E-state index in [2.05, 4.69) is 32.3 Å². The molecule has 0 aliphatic carbocycles. The number of fused-ring (bicyclic) bond motifs is 2. The minimum absolute atomic E-state index is 0.0266. The van der Waals surface area contributed by atoms with Gasteiger partial charge in [-0.15, -0.1) is 5.10 Å². The summed E-state index contributed by atoms with van der Waals surface area (Å²) < 4.78 is 4.27. The second-order valence-corrected chi connectivity index (χ2v) is 9.63. The molecule has 0 aliphatic rings. The third-order valence-electron chi connectivity index (χ3n) is 6.61. The SMILES string of the molecule is CC(NC(=O)c1c(N)nn2cccnc12)c1nc2cccc(C#Cc3cnn(CC(N)=O)c3)c2c(=O)n1-c1ccccc1. The predicted octanol–water partition coefficient (Wildman–Crippen LogP) is 1.58. The minimum Gasteiger partial charge on any atom is -0.381 e. The van der Waals surface area contributed by atoms with Gasteiger partial charge < -0.3 is 16.8 Å². The summed E-state index contributed by atoms with van der Waals surface area (Å²) in [5, 5.41) is 11.5. The van der Waals surface area contributed by atoms with E-state index in [-0.39, 0.29) is 23.5 Å². The lowest BCUT2D eigenvalue weighted by atomic mass is 10.1. The van der Waals surface area contributed by atoms with Gasteiger partial charge in [-0.1, -0.05) is 36.1 Å². The summed E-state index contributed by atoms with van der Waals surface area (Å²) in [6, 6.07) is 15.2. The fourth-order valence-corrected chi connectivity index (χ4v) is 4.74. The van der Waals surface area contributed by atoms with Gasteiger partial charge in [0.2, 0.25) is 5.91 Å². The van der Waals surface area contributed by atoms with Crippen molar-refractivity contribution in [3.05, 3.63) is 112 Å². The van der Waals surface area contributed by atoms with Crippen LogP contribution in [0.3, 0.4) is 0 Å². The average molecular weight is 573 g/mol. The molecule has 6 aromatic rings. The molecule has 0 saturated carbocycles. The molecular formula is C30H24N10O3. The maximum absolute atomic E-state index is 14.2. The molecule has 5 N–H and O–H groups in total. The Labute approximate surface area is 243 Å². The Morgan fingerprint density at radius 3 is 2.67 bits per heavy atom. The Balaban J connectivity index is 1.44. The lowest BCUT2D eigenvalue weighted by molar-refractivity contribution is -0.118. The molecule has 0 saturated heterocycles. The molecule has 0 fully saturated rings. The Morgan fingerprint density at radius 2 is 1.88 bits per heavy atom. The van der Waals surface area contributed by atoms with Gasteiger partial charge in [-0.3, -0.25) is 23.6 Å². The number of amides is 2. The number of hydrogen-bond acceptors (Lipinski definition) is 8. The first-order valence-corrected chi connectivity index (χ1v) is 13.1. The van der Waals surface area contributed by atoms with Crippen LogP contribution in [0.4, 0.5) is 5.82 Å². The van der Waals surface area contributed by atoms with Gasteiger partial charge in [-0.2, -0.15) is 5.10 Å². The summed E-state index contributed by atoms with van der Waals surface area (Å²) >= 11 is 0. The van der Waals surface area contributed by atoms with Gasteiger partial charge in [0.25, 0.3) is 11.5 Å². The molecule has 4 aromatic heterocycles. The third kappa shape index (κ3) is 5.16. The third-order valence-corrected chi connectivity index (χ3v) is 6.61. The van der Waals surface area contributed by atoms with Crippen molar-refractivity contribution in [1.29, 1.82) is 0 Å². The van der Waals surface area contributed by atoms with Crippen molar-refractivity contribution in [2.45, 2.75) is 19.5 Å². The van der Waals surface area contributed by atoms with E-state index in [1.165, 1.54) is 20.0 Å². The van der Waals surface area contributed by atoms with Crippen LogP contribution < -0.4 is 22.3 Å². The highest BCUT2D eigenvalue weighted by atomic mass is 16.2. The normalized spacial score (nSPS) is 11.7. The van der Waals surface area contributed by atoms with Gasteiger partial charge in [0, 0.05) is 24.2 Å². The zero-order chi connectivity index (χ0) is 30.1. The summed E-state index contributed by atoms with van der Waals surface area (Å²) in [5.41, 5.74) is 13.3. The number of rotatable bonds is 6. The quantitative estimate of drug-likeness (QED) is 0.252. The molecule has 13 heteroatoms. The molecule has 4 heterocycles. The molecule has 1 atom stereocenters. The lowest BCUT2D eigenvalue weighted by Crippen LogP contribution is -2.33. The Bertz CT molecular complexity index is 2150. The first-order chi connectivity index (χ1) is 20.8. The van der Waals surface area contributed by atoms with E-state index in [1.807, 2.05) is 6.07 Å². The number of carbonyl (C=O) groups excluding carboxylic acids is 2. The number of nitrogens with two attached hydrogens (primary N) is 2. The Hall–Kier alpha value is -6.29. The first-order valence-electron chi connectivity index (χ1n) is 13.1. The monoisotopic (exact) mass is 572 g/mol. The number of carbonyl (C=O) groups is 2. The van der Waals surface area contributed by atoms with Crippen molar-refractivity contribution >= 4 is 34.2 Å². The lowest BCUT2D eigenvalue weighted by Gasteiger charge is -2.20. The van der Waals surface area contributed by atoms with Gasteiger partial charge in [0.15, 0.2) is 11.5 Å². The number of primary amides is 1. The number of benzene rings is 2. The number of nitrogens with one attached hydrogen (secondary N) is 1. The van der Waals surface area contributed by atoms with Crippen LogP contribution >= 0.6 is 0 Å². The van der Waals surface area contributed by atoms with Crippen molar-refractivity contribution < 1.29 is 9.59 Å². The highest BCUT2D eigenvalue weighted by Gasteiger charge is 2.24. The fraction of sp³-hybridized carbons (Fsp3) is 0.100. The van der Waals surface area contributed by atoms with E-state index in [1.54, 1.807) is 74.0 Å². The Kier molecular flexibility index (Phi) is 6.85. The van der Waals surface area contributed by atoms with Crippen LogP contribution in [0.5, 0.6) is 0 Å². The van der Waals surface area contributed by atoms with Crippen LogP contribution in [0.15, 0.2) is 84.2 Å². The summed E-state index contributed by atoms with van der Waals surface area (Å²) in [4.78, 5) is 47.9. The zero-order valence-electron chi connectivity index (χ0n) is 22.8. The molecular weight excluding hydrogens is 548 g/mol. The van der Waals surface area contributed by atoms with Crippen LogP contribution in [0.2, 0.25) is 0 Å². The van der Waals surface area contributed by atoms with E-state index >= 15 is 0 Å². The predicted molar refractivity (Wildman–Crippen MR) is 158 cm³/mol. The topological polar surface area (TPSA) is 181 Å². The smallest absolute Gasteiger partial charge is 0.267 e. The molecule has 1 unspecified atom stereocenters. The first kappa shape index (κ1) is 26.9. The summed E-state index contributed by atoms with van der Waals surface area (Å²) in [6.45, 7) is 1.66. The number of para-hydroxylation sites is 1. The van der Waals surface area contributed by atoms with Gasteiger partial charge in [0.05, 0.1) is 34.4 Å². The van der Waals surface area contributed by atoms with Crippen LogP contribution in [0.25, 0.3) is 22.2 Å². The molecule has 0 spiro atoms. The van der Waals surface area contributed by atoms with E-state index < -0.39 is 17.9 Å². The van der Waals surface area contributed by atoms with E-state index in [9.17, 15) is 14.4 Å². The van der Waals surface area contributed by atoms with Gasteiger partial charge >= 0.3 is 0 Å². The van der Waals surface area contributed by atoms with Gasteiger partial charge in [0.1, 0.15) is 17.9 Å². The number of nitrogens with zero attached hydrogens (tertiary/aromatic N) is 7. The van der Waals surface area contributed by atoms with Crippen molar-refractivity contribution in [3.8, 4) is 17.5 Å². The highest BCUT2D eigenvalue weighted by molar-refractivity contribution is 6.04. The fourth-order valence-electron chi connectivity index (χ4n) is 4.74. The second-order valence-electron chi connectivity index (χ2n) is 9.63. The number of nitrogen functional groups attached to an aromatic ring is 1. The van der Waals surface area contributed by atoms with Crippen molar-refractivity contribution in [2.75, 3.05) is 5.73 Å². The molecule has 0 aliphatic heterocycles. The second kappa shape index (κ2) is 10.9. The number of anilines is 1. The maximum atomic E-state index is 14.2. The van der Waals surface area contributed by atoms with E-state index in [4.69, 9.17) is 16.5 Å². The average Bonchev–Trinajstić information content (AvgIpc) is 3.58. The summed E-state index contributed by atoms with van der Waals surface area (Å²) in [6.07, 6.45) is 6.29. The Morgan fingerprint density at radius 1 is 1.07 bits per heavy atom. The van der Waals surface area contributed by atoms with Crippen LogP contribution in [0.1, 0.15) is 40.3 Å². The van der Waals surface area contributed by atoms with Crippen LogP contribution in [-0.4, -0.2) is 45.7 Å². The maximum Gasteiger partial charge on any atom is 0.267 e. The minimum atomic E-state index is -0.728. The molecule has 13 nitrogen and oxygen atoms in total. The van der Waals surface area contributed by atoms with Crippen molar-refractivity contribution in [2.24, 2.45) is 5.73 Å². The van der Waals surface area contributed by atoms with Gasteiger partial charge in [-0.05, 0) is 37.3 Å². The summed E-state index contributed by atoms with van der Waals surface area (Å²) in [7, 11) is 0. The van der Waals surface area contributed by atoms with Crippen molar-refractivity contribution in [1.82, 2.24) is 39.2 Å². The molecule has 0 radical (unpaired) electrons. The summed E-state index contributed by atoms with van der Waals surface area (Å²) in [5.74, 6) is 5.32. The zero-order valence-corrected chi connectivity index (χ0v) is 22.8. The number of aromatic nitrogens is 7. The van der Waals surface area contributed by atoms with Crippen LogP contribution in [0, 0.1) is 11.8 Å². The molecule has 0 bridgehead atoms. The molecule has 2 aromatic carbocycles. The highest BCUT2D eigenvalue weighted by Crippen LogP contribution is 2.22. The molecule has 2 amide bonds. The molecule has 43 heavy (non-hydrogen) atoms. The number of hydrogen-bond donors (Lipinski definition) is 3. The largest absolute Gasteiger partial charge is 0.381 e. The van der Waals surface area contributed by atoms with E-state index in [0.717, 1.165) is 0 Å². The van der Waals surface area contributed by atoms with Crippen LogP contribution in [-0.2, 0) is 11.3 Å². The van der Waals surface area contributed by atoms with E-state index in [0.29, 0.717) is 39.2 Å². The van der Waals surface area contributed by atoms with Crippen molar-refractivity contribution in [3.63, 3.8) is 0 Å². The molecule has 6 rings (SSSR count). The molecule has 212 valence electrons.